The Balaban J connectivity index is 2.51. The van der Waals surface area contributed by atoms with Gasteiger partial charge >= 0.3 is 0 Å². The summed E-state index contributed by atoms with van der Waals surface area (Å²) in [6.45, 7) is 5.10. The van der Waals surface area contributed by atoms with Crippen molar-refractivity contribution in [1.82, 2.24) is 10.6 Å². The maximum absolute atomic E-state index is 11.3. The molecule has 1 unspecified atom stereocenters. The Bertz CT molecular complexity index is 373. The molecule has 4 heteroatoms. The topological polar surface area (TPSA) is 67.2 Å². The monoisotopic (exact) mass is 249 g/mol. The number of nitrogens with one attached hydrogen (secondary N) is 2. The van der Waals surface area contributed by atoms with E-state index in [4.69, 9.17) is 5.73 Å². The quantitative estimate of drug-likeness (QED) is 0.708. The Morgan fingerprint density at radius 1 is 1.22 bits per heavy atom. The maximum atomic E-state index is 11.3. The second kappa shape index (κ2) is 7.13. The van der Waals surface area contributed by atoms with Crippen LogP contribution in [-0.4, -0.2) is 26.0 Å². The van der Waals surface area contributed by atoms with E-state index in [2.05, 4.69) is 36.6 Å². The van der Waals surface area contributed by atoms with Crippen LogP contribution in [0.3, 0.4) is 0 Å². The molecule has 100 valence electrons. The van der Waals surface area contributed by atoms with Gasteiger partial charge in [-0.25, -0.2) is 0 Å². The highest BCUT2D eigenvalue weighted by molar-refractivity contribution is 5.77. The number of hydrogen-bond donors (Lipinski definition) is 3. The van der Waals surface area contributed by atoms with Crippen molar-refractivity contribution in [2.45, 2.75) is 25.8 Å². The van der Waals surface area contributed by atoms with E-state index in [-0.39, 0.29) is 11.9 Å². The van der Waals surface area contributed by atoms with Crippen LogP contribution in [0.5, 0.6) is 0 Å². The standard InChI is InChI=1S/C14H23N3O/c1-10(2)11-4-6-12(7-5-11)13(15)8-17-14(18)9-16-3/h4-7,10,13,16H,8-9,15H2,1-3H3,(H,17,18). The lowest BCUT2D eigenvalue weighted by Gasteiger charge is -2.14. The highest BCUT2D eigenvalue weighted by atomic mass is 16.1. The molecule has 0 saturated heterocycles. The Kier molecular flexibility index (Phi) is 5.82. The molecular formula is C14H23N3O. The van der Waals surface area contributed by atoms with E-state index in [0.29, 0.717) is 19.0 Å². The molecule has 1 aromatic carbocycles. The van der Waals surface area contributed by atoms with Crippen molar-refractivity contribution in [1.29, 1.82) is 0 Å². The van der Waals surface area contributed by atoms with Crippen LogP contribution in [0.4, 0.5) is 0 Å². The average Bonchev–Trinajstić information content (AvgIpc) is 2.36. The molecule has 0 aromatic heterocycles. The molecule has 0 saturated carbocycles. The van der Waals surface area contributed by atoms with Gasteiger partial charge in [-0.3, -0.25) is 4.79 Å². The number of carbonyl (C=O) groups is 1. The number of carbonyl (C=O) groups excluding carboxylic acids is 1. The summed E-state index contributed by atoms with van der Waals surface area (Å²) in [5.41, 5.74) is 8.37. The van der Waals surface area contributed by atoms with Crippen LogP contribution in [-0.2, 0) is 4.79 Å². The molecule has 1 atom stereocenters. The fourth-order valence-corrected chi connectivity index (χ4v) is 1.69. The van der Waals surface area contributed by atoms with Crippen molar-refractivity contribution in [2.75, 3.05) is 20.1 Å². The van der Waals surface area contributed by atoms with Crippen molar-refractivity contribution >= 4 is 5.91 Å². The summed E-state index contributed by atoms with van der Waals surface area (Å²) < 4.78 is 0. The van der Waals surface area contributed by atoms with Gasteiger partial charge in [0.25, 0.3) is 0 Å². The molecule has 1 amide bonds. The van der Waals surface area contributed by atoms with Crippen molar-refractivity contribution in [3.05, 3.63) is 35.4 Å². The summed E-state index contributed by atoms with van der Waals surface area (Å²) in [6, 6.07) is 8.09. The Labute approximate surface area is 109 Å². The molecule has 0 aliphatic carbocycles. The van der Waals surface area contributed by atoms with Gasteiger partial charge in [0.1, 0.15) is 0 Å². The number of rotatable bonds is 6. The Morgan fingerprint density at radius 2 is 1.78 bits per heavy atom. The van der Waals surface area contributed by atoms with Gasteiger partial charge in [-0.05, 0) is 24.1 Å². The molecule has 0 aliphatic heterocycles. The number of amides is 1. The van der Waals surface area contributed by atoms with Gasteiger partial charge in [-0.1, -0.05) is 38.1 Å². The molecule has 0 fully saturated rings. The summed E-state index contributed by atoms with van der Waals surface area (Å²) in [7, 11) is 1.74. The minimum atomic E-state index is -0.160. The first-order chi connectivity index (χ1) is 8.54. The van der Waals surface area contributed by atoms with E-state index in [1.807, 2.05) is 12.1 Å². The summed E-state index contributed by atoms with van der Waals surface area (Å²) >= 11 is 0. The Morgan fingerprint density at radius 3 is 2.28 bits per heavy atom. The molecule has 0 spiro atoms. The molecule has 1 rings (SSSR count). The van der Waals surface area contributed by atoms with E-state index in [1.165, 1.54) is 5.56 Å². The second-order valence-electron chi connectivity index (χ2n) is 4.76. The number of likely N-dealkylation sites (N-methyl/N-ethyl adjacent to an activating group) is 1. The third-order valence-corrected chi connectivity index (χ3v) is 2.89. The summed E-state index contributed by atoms with van der Waals surface area (Å²) in [5, 5.41) is 5.59. The van der Waals surface area contributed by atoms with Gasteiger partial charge < -0.3 is 16.4 Å². The first-order valence-corrected chi connectivity index (χ1v) is 6.31. The highest BCUT2D eigenvalue weighted by Gasteiger charge is 2.08. The van der Waals surface area contributed by atoms with Gasteiger partial charge in [0.2, 0.25) is 5.91 Å². The third-order valence-electron chi connectivity index (χ3n) is 2.89. The minimum absolute atomic E-state index is 0.0354. The summed E-state index contributed by atoms with van der Waals surface area (Å²) in [4.78, 5) is 11.3. The van der Waals surface area contributed by atoms with Crippen LogP contribution >= 0.6 is 0 Å². The maximum Gasteiger partial charge on any atom is 0.234 e. The van der Waals surface area contributed by atoms with Crippen LogP contribution in [0.15, 0.2) is 24.3 Å². The van der Waals surface area contributed by atoms with Crippen molar-refractivity contribution in [3.8, 4) is 0 Å². The number of benzene rings is 1. The van der Waals surface area contributed by atoms with Gasteiger partial charge in [-0.15, -0.1) is 0 Å². The van der Waals surface area contributed by atoms with Crippen LogP contribution in [0.2, 0.25) is 0 Å². The molecule has 18 heavy (non-hydrogen) atoms. The molecular weight excluding hydrogens is 226 g/mol. The average molecular weight is 249 g/mol. The first kappa shape index (κ1) is 14.7. The van der Waals surface area contributed by atoms with Crippen molar-refractivity contribution in [2.24, 2.45) is 5.73 Å². The molecule has 0 bridgehead atoms. The van der Waals surface area contributed by atoms with Crippen LogP contribution < -0.4 is 16.4 Å². The molecule has 0 heterocycles. The Hall–Kier alpha value is -1.39. The molecule has 0 aliphatic rings. The normalized spacial score (nSPS) is 12.5. The van der Waals surface area contributed by atoms with Gasteiger partial charge in [-0.2, -0.15) is 0 Å². The van der Waals surface area contributed by atoms with Gasteiger partial charge in [0, 0.05) is 12.6 Å². The minimum Gasteiger partial charge on any atom is -0.353 e. The van der Waals surface area contributed by atoms with E-state index >= 15 is 0 Å². The van der Waals surface area contributed by atoms with Crippen LogP contribution in [0, 0.1) is 0 Å². The lowest BCUT2D eigenvalue weighted by molar-refractivity contribution is -0.120. The lowest BCUT2D eigenvalue weighted by Crippen LogP contribution is -2.36. The first-order valence-electron chi connectivity index (χ1n) is 6.31. The van der Waals surface area contributed by atoms with E-state index in [0.717, 1.165) is 5.56 Å². The predicted octanol–water partition coefficient (Wildman–Crippen LogP) is 1.15. The largest absolute Gasteiger partial charge is 0.353 e. The predicted molar refractivity (Wildman–Crippen MR) is 74.4 cm³/mol. The molecule has 4 N–H and O–H groups in total. The zero-order chi connectivity index (χ0) is 13.5. The zero-order valence-electron chi connectivity index (χ0n) is 11.4. The van der Waals surface area contributed by atoms with Gasteiger partial charge in [0.05, 0.1) is 6.54 Å². The van der Waals surface area contributed by atoms with Crippen molar-refractivity contribution < 1.29 is 4.79 Å². The van der Waals surface area contributed by atoms with E-state index in [9.17, 15) is 4.79 Å². The van der Waals surface area contributed by atoms with Crippen LogP contribution in [0.25, 0.3) is 0 Å². The van der Waals surface area contributed by atoms with E-state index in [1.54, 1.807) is 7.05 Å². The highest BCUT2D eigenvalue weighted by Crippen LogP contribution is 2.17. The molecule has 4 nitrogen and oxygen atoms in total. The number of nitrogens with two attached hydrogens (primary N) is 1. The molecule has 0 radical (unpaired) electrons. The van der Waals surface area contributed by atoms with E-state index < -0.39 is 0 Å². The second-order valence-corrected chi connectivity index (χ2v) is 4.76. The van der Waals surface area contributed by atoms with Crippen molar-refractivity contribution in [3.63, 3.8) is 0 Å². The third kappa shape index (κ3) is 4.47. The smallest absolute Gasteiger partial charge is 0.234 e. The fraction of sp³-hybridized carbons (Fsp3) is 0.500. The zero-order valence-corrected chi connectivity index (χ0v) is 11.4. The summed E-state index contributed by atoms with van der Waals surface area (Å²) in [6.07, 6.45) is 0. The van der Waals surface area contributed by atoms with Gasteiger partial charge in [0.15, 0.2) is 0 Å². The SMILES string of the molecule is CNCC(=O)NCC(N)c1ccc(C(C)C)cc1. The summed E-state index contributed by atoms with van der Waals surface area (Å²) in [5.74, 6) is 0.484. The van der Waals surface area contributed by atoms with Crippen LogP contribution in [0.1, 0.15) is 36.9 Å². The number of hydrogen-bond acceptors (Lipinski definition) is 3. The lowest BCUT2D eigenvalue weighted by atomic mass is 9.99. The fourth-order valence-electron chi connectivity index (χ4n) is 1.69. The molecule has 1 aromatic rings.